The van der Waals surface area contributed by atoms with Crippen molar-refractivity contribution in [2.45, 2.75) is 53.2 Å². The topological polar surface area (TPSA) is 15.3 Å². The molecule has 104 valence electrons. The molecule has 1 atom stereocenters. The van der Waals surface area contributed by atoms with Crippen LogP contribution in [0.2, 0.25) is 0 Å². The monoisotopic (exact) mass is 268 g/mol. The Kier molecular flexibility index (Phi) is 6.90. The smallest absolute Gasteiger partial charge is 0.0334 e. The van der Waals surface area contributed by atoms with Crippen molar-refractivity contribution >= 4 is 11.3 Å². The summed E-state index contributed by atoms with van der Waals surface area (Å²) in [4.78, 5) is 4.09. The number of hydrogen-bond acceptors (Lipinski definition) is 3. The minimum absolute atomic E-state index is 0.582. The summed E-state index contributed by atoms with van der Waals surface area (Å²) in [6.07, 6.45) is 0. The first-order valence-corrected chi connectivity index (χ1v) is 7.93. The van der Waals surface area contributed by atoms with E-state index in [1.54, 1.807) is 0 Å². The maximum absolute atomic E-state index is 3.51. The van der Waals surface area contributed by atoms with Crippen LogP contribution in [0.4, 0.5) is 0 Å². The lowest BCUT2D eigenvalue weighted by molar-refractivity contribution is 0.109. The van der Waals surface area contributed by atoms with Gasteiger partial charge < -0.3 is 5.32 Å². The fraction of sp³-hybridized carbons (Fsp3) is 0.733. The minimum Gasteiger partial charge on any atom is -0.315 e. The van der Waals surface area contributed by atoms with E-state index in [-0.39, 0.29) is 0 Å². The van der Waals surface area contributed by atoms with E-state index in [0.717, 1.165) is 19.6 Å². The average Bonchev–Trinajstić information content (AvgIpc) is 2.80. The molecule has 0 aliphatic heterocycles. The molecule has 0 bridgehead atoms. The summed E-state index contributed by atoms with van der Waals surface area (Å²) in [7, 11) is 0. The first-order valence-electron chi connectivity index (χ1n) is 7.05. The summed E-state index contributed by atoms with van der Waals surface area (Å²) in [6.45, 7) is 14.6. The van der Waals surface area contributed by atoms with E-state index in [0.29, 0.717) is 18.0 Å². The Morgan fingerprint density at radius 3 is 2.44 bits per heavy atom. The molecular formula is C15H28N2S. The molecule has 1 rings (SSSR count). The van der Waals surface area contributed by atoms with E-state index < -0.39 is 0 Å². The zero-order valence-electron chi connectivity index (χ0n) is 12.4. The highest BCUT2D eigenvalue weighted by atomic mass is 32.1. The molecule has 2 nitrogen and oxygen atoms in total. The van der Waals surface area contributed by atoms with E-state index in [1.165, 1.54) is 4.88 Å². The molecule has 1 aromatic heterocycles. The number of hydrogen-bond donors (Lipinski definition) is 1. The van der Waals surface area contributed by atoms with Gasteiger partial charge in [-0.3, -0.25) is 4.90 Å². The van der Waals surface area contributed by atoms with Gasteiger partial charge >= 0.3 is 0 Å². The molecule has 0 spiro atoms. The summed E-state index contributed by atoms with van der Waals surface area (Å²) in [5.74, 6) is 0.673. The van der Waals surface area contributed by atoms with Gasteiger partial charge in [0.25, 0.3) is 0 Å². The first-order chi connectivity index (χ1) is 8.56. The predicted molar refractivity (Wildman–Crippen MR) is 82.2 cm³/mol. The van der Waals surface area contributed by atoms with Gasteiger partial charge in [-0.25, -0.2) is 0 Å². The van der Waals surface area contributed by atoms with E-state index in [4.69, 9.17) is 0 Å². The second kappa shape index (κ2) is 7.93. The van der Waals surface area contributed by atoms with Gasteiger partial charge in [0.15, 0.2) is 0 Å². The Balaban J connectivity index is 2.73. The Morgan fingerprint density at radius 2 is 2.00 bits per heavy atom. The predicted octanol–water partition coefficient (Wildman–Crippen LogP) is 3.59. The van der Waals surface area contributed by atoms with Crippen LogP contribution in [0.1, 0.15) is 39.5 Å². The molecule has 0 radical (unpaired) electrons. The highest BCUT2D eigenvalue weighted by molar-refractivity contribution is 7.09. The molecule has 1 N–H and O–H groups in total. The SMILES string of the molecule is CCNCC(C(C)C)N(Cc1cccs1)C(C)C. The van der Waals surface area contributed by atoms with Crippen molar-refractivity contribution in [2.24, 2.45) is 5.92 Å². The van der Waals surface area contributed by atoms with Crippen LogP contribution in [0.5, 0.6) is 0 Å². The minimum atomic E-state index is 0.582. The maximum Gasteiger partial charge on any atom is 0.0334 e. The zero-order chi connectivity index (χ0) is 13.5. The number of nitrogens with zero attached hydrogens (tertiary/aromatic N) is 1. The van der Waals surface area contributed by atoms with Crippen LogP contribution in [-0.2, 0) is 6.54 Å². The third-order valence-corrected chi connectivity index (χ3v) is 4.24. The molecule has 0 aromatic carbocycles. The average molecular weight is 268 g/mol. The van der Waals surface area contributed by atoms with E-state index in [2.05, 4.69) is 62.3 Å². The van der Waals surface area contributed by atoms with Crippen LogP contribution >= 0.6 is 11.3 Å². The van der Waals surface area contributed by atoms with Crippen LogP contribution in [0, 0.1) is 5.92 Å². The van der Waals surface area contributed by atoms with Crippen molar-refractivity contribution in [1.82, 2.24) is 10.2 Å². The molecule has 0 amide bonds. The maximum atomic E-state index is 3.51. The molecule has 1 unspecified atom stereocenters. The molecule has 0 saturated carbocycles. The molecule has 0 aliphatic rings. The zero-order valence-corrected chi connectivity index (χ0v) is 13.3. The second-order valence-corrected chi connectivity index (χ2v) is 6.50. The van der Waals surface area contributed by atoms with Crippen molar-refractivity contribution in [3.63, 3.8) is 0 Å². The second-order valence-electron chi connectivity index (χ2n) is 5.46. The van der Waals surface area contributed by atoms with Crippen molar-refractivity contribution in [1.29, 1.82) is 0 Å². The van der Waals surface area contributed by atoms with Crippen molar-refractivity contribution in [3.8, 4) is 0 Å². The van der Waals surface area contributed by atoms with Crippen molar-refractivity contribution < 1.29 is 0 Å². The first kappa shape index (κ1) is 15.7. The highest BCUT2D eigenvalue weighted by Crippen LogP contribution is 2.20. The van der Waals surface area contributed by atoms with Crippen molar-refractivity contribution in [3.05, 3.63) is 22.4 Å². The largest absolute Gasteiger partial charge is 0.315 e. The fourth-order valence-electron chi connectivity index (χ4n) is 2.29. The van der Waals surface area contributed by atoms with Crippen LogP contribution in [0.15, 0.2) is 17.5 Å². The number of likely N-dealkylation sites (N-methyl/N-ethyl adjacent to an activating group) is 1. The Morgan fingerprint density at radius 1 is 1.28 bits per heavy atom. The van der Waals surface area contributed by atoms with Crippen LogP contribution in [0.3, 0.4) is 0 Å². The number of nitrogens with one attached hydrogen (secondary N) is 1. The van der Waals surface area contributed by atoms with E-state index in [9.17, 15) is 0 Å². The van der Waals surface area contributed by atoms with Gasteiger partial charge in [0.2, 0.25) is 0 Å². The number of rotatable bonds is 8. The van der Waals surface area contributed by atoms with Gasteiger partial charge in [-0.2, -0.15) is 0 Å². The molecule has 0 aliphatic carbocycles. The van der Waals surface area contributed by atoms with Gasteiger partial charge in [-0.1, -0.05) is 26.8 Å². The van der Waals surface area contributed by atoms with Gasteiger partial charge in [-0.15, -0.1) is 11.3 Å². The third kappa shape index (κ3) is 4.71. The molecule has 0 fully saturated rings. The standard InChI is InChI=1S/C15H28N2S/c1-6-16-10-15(12(2)3)17(13(4)5)11-14-8-7-9-18-14/h7-9,12-13,15-16H,6,10-11H2,1-5H3. The summed E-state index contributed by atoms with van der Waals surface area (Å²) in [5, 5.41) is 5.68. The summed E-state index contributed by atoms with van der Waals surface area (Å²) in [5.41, 5.74) is 0. The van der Waals surface area contributed by atoms with Crippen LogP contribution < -0.4 is 5.32 Å². The Bertz CT molecular complexity index is 306. The lowest BCUT2D eigenvalue weighted by Gasteiger charge is -2.37. The van der Waals surface area contributed by atoms with E-state index in [1.807, 2.05) is 11.3 Å². The van der Waals surface area contributed by atoms with Gasteiger partial charge in [0, 0.05) is 30.1 Å². The lowest BCUT2D eigenvalue weighted by atomic mass is 10.0. The Hall–Kier alpha value is -0.380. The molecule has 3 heteroatoms. The van der Waals surface area contributed by atoms with Crippen LogP contribution in [0.25, 0.3) is 0 Å². The molecule has 1 heterocycles. The molecule has 1 aromatic rings. The Labute approximate surface area is 116 Å². The van der Waals surface area contributed by atoms with E-state index >= 15 is 0 Å². The molecule has 18 heavy (non-hydrogen) atoms. The van der Waals surface area contributed by atoms with Gasteiger partial charge in [0.05, 0.1) is 0 Å². The van der Waals surface area contributed by atoms with Gasteiger partial charge in [0.1, 0.15) is 0 Å². The summed E-state index contributed by atoms with van der Waals surface area (Å²) < 4.78 is 0. The van der Waals surface area contributed by atoms with Crippen molar-refractivity contribution in [2.75, 3.05) is 13.1 Å². The van der Waals surface area contributed by atoms with Gasteiger partial charge in [-0.05, 0) is 37.8 Å². The third-order valence-electron chi connectivity index (χ3n) is 3.38. The lowest BCUT2D eigenvalue weighted by Crippen LogP contribution is -2.48. The summed E-state index contributed by atoms with van der Waals surface area (Å²) >= 11 is 1.86. The number of thiophene rings is 1. The quantitative estimate of drug-likeness (QED) is 0.775. The molecule has 0 saturated heterocycles. The van der Waals surface area contributed by atoms with Crippen LogP contribution in [-0.4, -0.2) is 30.1 Å². The fourth-order valence-corrected chi connectivity index (χ4v) is 3.01. The normalized spacial score (nSPS) is 13.8. The molecular weight excluding hydrogens is 240 g/mol. The highest BCUT2D eigenvalue weighted by Gasteiger charge is 2.24. The summed E-state index contributed by atoms with van der Waals surface area (Å²) in [6, 6.07) is 5.57.